The van der Waals surface area contributed by atoms with Crippen molar-refractivity contribution in [2.24, 2.45) is 0 Å². The van der Waals surface area contributed by atoms with Gasteiger partial charge in [0, 0.05) is 17.3 Å². The third-order valence-corrected chi connectivity index (χ3v) is 4.70. The van der Waals surface area contributed by atoms with Crippen molar-refractivity contribution in [1.29, 1.82) is 0 Å². The molecular weight excluding hydrogens is 332 g/mol. The van der Waals surface area contributed by atoms with Crippen LogP contribution in [0.25, 0.3) is 26.9 Å². The minimum atomic E-state index is -0.210. The molecule has 2 aromatic carbocycles. The quantitative estimate of drug-likeness (QED) is 0.516. The Morgan fingerprint density at radius 1 is 1.08 bits per heavy atom. The van der Waals surface area contributed by atoms with Crippen LogP contribution in [-0.4, -0.2) is 10.9 Å². The van der Waals surface area contributed by atoms with Gasteiger partial charge in [-0.3, -0.25) is 4.79 Å². The lowest BCUT2D eigenvalue weighted by Gasteiger charge is -2.04. The number of nitrogens with zero attached hydrogens (tertiary/aromatic N) is 1. The monoisotopic (exact) mass is 346 g/mol. The Kier molecular flexibility index (Phi) is 4.14. The van der Waals surface area contributed by atoms with Gasteiger partial charge < -0.3 is 9.73 Å². The molecule has 0 aliphatic heterocycles. The number of fused-ring (bicyclic) bond motifs is 1. The zero-order chi connectivity index (χ0) is 17.1. The molecule has 5 heteroatoms. The maximum absolute atomic E-state index is 12.0. The largest absolute Gasteiger partial charge is 0.465 e. The van der Waals surface area contributed by atoms with E-state index in [2.05, 4.69) is 16.4 Å². The van der Waals surface area contributed by atoms with Gasteiger partial charge in [-0.15, -0.1) is 11.3 Å². The van der Waals surface area contributed by atoms with Gasteiger partial charge in [0.15, 0.2) is 0 Å². The summed E-state index contributed by atoms with van der Waals surface area (Å²) in [6.45, 7) is 0. The minimum Gasteiger partial charge on any atom is -0.465 e. The highest BCUT2D eigenvalue weighted by Gasteiger charge is 2.07. The van der Waals surface area contributed by atoms with E-state index in [0.717, 1.165) is 26.5 Å². The third-order valence-electron chi connectivity index (χ3n) is 3.61. The van der Waals surface area contributed by atoms with Crippen LogP contribution in [0.15, 0.2) is 77.4 Å². The number of nitrogens with one attached hydrogen (secondary N) is 1. The van der Waals surface area contributed by atoms with Crippen LogP contribution in [0.5, 0.6) is 0 Å². The average Bonchev–Trinajstić information content (AvgIpc) is 3.29. The molecular formula is C20H14N2O2S. The van der Waals surface area contributed by atoms with Gasteiger partial charge in [0.2, 0.25) is 5.91 Å². The number of amides is 1. The molecule has 4 rings (SSSR count). The van der Waals surface area contributed by atoms with Crippen LogP contribution in [0.1, 0.15) is 5.76 Å². The van der Waals surface area contributed by atoms with Crippen molar-refractivity contribution in [3.05, 3.63) is 78.8 Å². The molecule has 0 fully saturated rings. The minimum absolute atomic E-state index is 0.210. The predicted octanol–water partition coefficient (Wildman–Crippen LogP) is 5.21. The third kappa shape index (κ3) is 3.51. The summed E-state index contributed by atoms with van der Waals surface area (Å²) in [5, 5.41) is 3.79. The molecule has 2 heterocycles. The second kappa shape index (κ2) is 6.75. The molecule has 0 aliphatic carbocycles. The Morgan fingerprint density at radius 3 is 2.84 bits per heavy atom. The highest BCUT2D eigenvalue weighted by molar-refractivity contribution is 7.21. The molecule has 25 heavy (non-hydrogen) atoms. The van der Waals surface area contributed by atoms with Crippen LogP contribution in [0.3, 0.4) is 0 Å². The maximum atomic E-state index is 12.0. The van der Waals surface area contributed by atoms with E-state index in [4.69, 9.17) is 4.42 Å². The first kappa shape index (κ1) is 15.4. The number of furan rings is 1. The fraction of sp³-hybridized carbons (Fsp3) is 0. The first-order valence-electron chi connectivity index (χ1n) is 7.76. The van der Waals surface area contributed by atoms with Gasteiger partial charge in [-0.2, -0.15) is 0 Å². The molecule has 122 valence electrons. The summed E-state index contributed by atoms with van der Waals surface area (Å²) in [5.41, 5.74) is 2.69. The smallest absolute Gasteiger partial charge is 0.248 e. The Bertz CT molecular complexity index is 1020. The SMILES string of the molecule is O=C(C=Cc1ccco1)Nc1cccc(-c2nc3ccccc3s2)c1. The Hall–Kier alpha value is -3.18. The number of thiazole rings is 1. The molecule has 0 saturated heterocycles. The fourth-order valence-corrected chi connectivity index (χ4v) is 3.42. The van der Waals surface area contributed by atoms with Gasteiger partial charge in [0.1, 0.15) is 10.8 Å². The van der Waals surface area contributed by atoms with Crippen LogP contribution in [-0.2, 0) is 4.79 Å². The summed E-state index contributed by atoms with van der Waals surface area (Å²) >= 11 is 1.64. The molecule has 0 atom stereocenters. The molecule has 4 aromatic rings. The normalized spacial score (nSPS) is 11.2. The molecule has 0 unspecified atom stereocenters. The lowest BCUT2D eigenvalue weighted by molar-refractivity contribution is -0.111. The number of carbonyl (C=O) groups excluding carboxylic acids is 1. The summed E-state index contributed by atoms with van der Waals surface area (Å²) < 4.78 is 6.31. The Balaban J connectivity index is 1.54. The molecule has 0 bridgehead atoms. The lowest BCUT2D eigenvalue weighted by atomic mass is 10.2. The van der Waals surface area contributed by atoms with Gasteiger partial charge in [0.05, 0.1) is 16.5 Å². The number of benzene rings is 2. The van der Waals surface area contributed by atoms with Crippen molar-refractivity contribution in [2.75, 3.05) is 5.32 Å². The molecule has 1 amide bonds. The van der Waals surface area contributed by atoms with Gasteiger partial charge in [-0.25, -0.2) is 4.98 Å². The van der Waals surface area contributed by atoms with Crippen LogP contribution >= 0.6 is 11.3 Å². The highest BCUT2D eigenvalue weighted by Crippen LogP contribution is 2.31. The van der Waals surface area contributed by atoms with E-state index in [-0.39, 0.29) is 5.91 Å². The zero-order valence-corrected chi connectivity index (χ0v) is 14.0. The number of para-hydroxylation sites is 1. The van der Waals surface area contributed by atoms with E-state index in [1.54, 1.807) is 35.8 Å². The van der Waals surface area contributed by atoms with Gasteiger partial charge in [-0.1, -0.05) is 24.3 Å². The second-order valence-electron chi connectivity index (χ2n) is 5.41. The zero-order valence-electron chi connectivity index (χ0n) is 13.2. The summed E-state index contributed by atoms with van der Waals surface area (Å²) in [4.78, 5) is 16.7. The first-order valence-corrected chi connectivity index (χ1v) is 8.58. The van der Waals surface area contributed by atoms with Crippen molar-refractivity contribution >= 4 is 39.2 Å². The summed E-state index contributed by atoms with van der Waals surface area (Å²) in [5.74, 6) is 0.427. The van der Waals surface area contributed by atoms with Crippen molar-refractivity contribution in [1.82, 2.24) is 4.98 Å². The van der Waals surface area contributed by atoms with Crippen molar-refractivity contribution in [3.8, 4) is 10.6 Å². The van der Waals surface area contributed by atoms with Crippen molar-refractivity contribution in [3.63, 3.8) is 0 Å². The number of hydrogen-bond acceptors (Lipinski definition) is 4. The number of rotatable bonds is 4. The van der Waals surface area contributed by atoms with E-state index in [0.29, 0.717) is 5.76 Å². The summed E-state index contributed by atoms with van der Waals surface area (Å²) in [7, 11) is 0. The van der Waals surface area contributed by atoms with Crippen molar-refractivity contribution in [2.45, 2.75) is 0 Å². The van der Waals surface area contributed by atoms with Crippen LogP contribution < -0.4 is 5.32 Å². The molecule has 0 radical (unpaired) electrons. The lowest BCUT2D eigenvalue weighted by Crippen LogP contribution is -2.07. The molecule has 0 spiro atoms. The number of hydrogen-bond donors (Lipinski definition) is 1. The average molecular weight is 346 g/mol. The van der Waals surface area contributed by atoms with Crippen LogP contribution in [0.2, 0.25) is 0 Å². The van der Waals surface area contributed by atoms with E-state index in [9.17, 15) is 4.79 Å². The number of aromatic nitrogens is 1. The van der Waals surface area contributed by atoms with E-state index < -0.39 is 0 Å². The summed E-state index contributed by atoms with van der Waals surface area (Å²) in [6.07, 6.45) is 4.65. The van der Waals surface area contributed by atoms with E-state index in [1.807, 2.05) is 42.5 Å². The van der Waals surface area contributed by atoms with Gasteiger partial charge >= 0.3 is 0 Å². The van der Waals surface area contributed by atoms with E-state index >= 15 is 0 Å². The molecule has 0 saturated carbocycles. The fourth-order valence-electron chi connectivity index (χ4n) is 2.45. The Labute approximate surface area is 148 Å². The molecule has 2 aromatic heterocycles. The van der Waals surface area contributed by atoms with Crippen LogP contribution in [0, 0.1) is 0 Å². The molecule has 1 N–H and O–H groups in total. The van der Waals surface area contributed by atoms with Crippen LogP contribution in [0.4, 0.5) is 5.69 Å². The number of carbonyl (C=O) groups is 1. The second-order valence-corrected chi connectivity index (χ2v) is 6.44. The summed E-state index contributed by atoms with van der Waals surface area (Å²) in [6, 6.07) is 19.3. The highest BCUT2D eigenvalue weighted by atomic mass is 32.1. The van der Waals surface area contributed by atoms with E-state index in [1.165, 1.54) is 6.08 Å². The predicted molar refractivity (Wildman–Crippen MR) is 101 cm³/mol. The van der Waals surface area contributed by atoms with Gasteiger partial charge in [-0.05, 0) is 42.5 Å². The first-order chi connectivity index (χ1) is 12.3. The topological polar surface area (TPSA) is 55.1 Å². The van der Waals surface area contributed by atoms with Gasteiger partial charge in [0.25, 0.3) is 0 Å². The Morgan fingerprint density at radius 2 is 2.00 bits per heavy atom. The standard InChI is InChI=1S/C20H14N2O2S/c23-19(11-10-16-7-4-12-24-16)21-15-6-3-5-14(13-15)20-22-17-8-1-2-9-18(17)25-20/h1-13H,(H,21,23). The van der Waals surface area contributed by atoms with Crippen molar-refractivity contribution < 1.29 is 9.21 Å². The molecule has 4 nitrogen and oxygen atoms in total. The maximum Gasteiger partial charge on any atom is 0.248 e. The number of anilines is 1. The molecule has 0 aliphatic rings.